The third-order valence-electron chi connectivity index (χ3n) is 6.77. The number of anilines is 2. The van der Waals surface area contributed by atoms with Gasteiger partial charge in [0.2, 0.25) is 0 Å². The second-order valence-electron chi connectivity index (χ2n) is 8.61. The zero-order valence-electron chi connectivity index (χ0n) is 17.1. The standard InChI is InChI=1S/C24H28FN3OS/c25-16-7-8-18(20(26)14-16)22(29)5-2-10-27-12-9-21-19(15-27)17-4-1-6-23-24(17)28(21)11-3-13-30-23/h1,4,6-8,14,19,21H,2-3,5,9-13,15,26H2/t19?,21-/m0/s1. The molecule has 4 nitrogen and oxygen atoms in total. The normalized spacial score (nSPS) is 23.0. The minimum absolute atomic E-state index is 0.00332. The minimum Gasteiger partial charge on any atom is -0.398 e. The molecule has 0 radical (unpaired) electrons. The van der Waals surface area contributed by atoms with Crippen molar-refractivity contribution in [2.75, 3.05) is 42.6 Å². The Labute approximate surface area is 181 Å². The van der Waals surface area contributed by atoms with Crippen LogP contribution in [0.1, 0.15) is 47.5 Å². The number of thioether (sulfide) groups is 1. The highest BCUT2D eigenvalue weighted by molar-refractivity contribution is 7.99. The number of fused-ring (bicyclic) bond motifs is 3. The maximum absolute atomic E-state index is 13.2. The molecule has 2 N–H and O–H groups in total. The summed E-state index contributed by atoms with van der Waals surface area (Å²) in [5.74, 6) is 1.38. The SMILES string of the molecule is Nc1cc(F)ccc1C(=O)CCCN1CC[C@H]2C(C1)c1cccc3c1N2CCCS3. The van der Waals surface area contributed by atoms with Crippen LogP contribution in [0.2, 0.25) is 0 Å². The molecule has 2 aromatic carbocycles. The van der Waals surface area contributed by atoms with E-state index >= 15 is 0 Å². The van der Waals surface area contributed by atoms with Crippen LogP contribution in [-0.4, -0.2) is 48.7 Å². The van der Waals surface area contributed by atoms with Crippen molar-refractivity contribution in [3.8, 4) is 0 Å². The van der Waals surface area contributed by atoms with E-state index in [9.17, 15) is 9.18 Å². The molecular formula is C24H28FN3OS. The molecule has 0 saturated carbocycles. The molecule has 0 aliphatic carbocycles. The van der Waals surface area contributed by atoms with Crippen LogP contribution in [0.15, 0.2) is 41.3 Å². The quantitative estimate of drug-likeness (QED) is 0.563. The van der Waals surface area contributed by atoms with Gasteiger partial charge in [-0.2, -0.15) is 0 Å². The molecule has 0 bridgehead atoms. The number of nitrogen functional groups attached to an aromatic ring is 1. The van der Waals surface area contributed by atoms with Gasteiger partial charge in [0.25, 0.3) is 0 Å². The van der Waals surface area contributed by atoms with Gasteiger partial charge < -0.3 is 15.5 Å². The topological polar surface area (TPSA) is 49.6 Å². The van der Waals surface area contributed by atoms with Crippen molar-refractivity contribution in [3.05, 3.63) is 53.3 Å². The number of ketones is 1. The van der Waals surface area contributed by atoms with Gasteiger partial charge in [0.05, 0.1) is 5.69 Å². The maximum atomic E-state index is 13.2. The zero-order valence-corrected chi connectivity index (χ0v) is 18.0. The molecule has 1 saturated heterocycles. The van der Waals surface area contributed by atoms with Crippen LogP contribution in [0.3, 0.4) is 0 Å². The summed E-state index contributed by atoms with van der Waals surface area (Å²) >= 11 is 2.00. The highest BCUT2D eigenvalue weighted by Gasteiger charge is 2.43. The van der Waals surface area contributed by atoms with Gasteiger partial charge in [0.1, 0.15) is 5.82 Å². The van der Waals surface area contributed by atoms with Crippen molar-refractivity contribution >= 4 is 28.9 Å². The molecule has 158 valence electrons. The molecule has 30 heavy (non-hydrogen) atoms. The molecule has 6 heteroatoms. The third kappa shape index (κ3) is 3.60. The van der Waals surface area contributed by atoms with Gasteiger partial charge in [-0.25, -0.2) is 4.39 Å². The van der Waals surface area contributed by atoms with Crippen LogP contribution in [0, 0.1) is 5.82 Å². The van der Waals surface area contributed by atoms with E-state index in [4.69, 9.17) is 5.73 Å². The van der Waals surface area contributed by atoms with Crippen molar-refractivity contribution in [2.24, 2.45) is 0 Å². The molecule has 0 spiro atoms. The fraction of sp³-hybridized carbons (Fsp3) is 0.458. The molecule has 3 aliphatic heterocycles. The number of para-hydroxylation sites is 1. The predicted octanol–water partition coefficient (Wildman–Crippen LogP) is 4.54. The largest absolute Gasteiger partial charge is 0.398 e. The van der Waals surface area contributed by atoms with Crippen molar-refractivity contribution < 1.29 is 9.18 Å². The monoisotopic (exact) mass is 425 g/mol. The van der Waals surface area contributed by atoms with Crippen molar-refractivity contribution in [1.29, 1.82) is 0 Å². The summed E-state index contributed by atoms with van der Waals surface area (Å²) < 4.78 is 13.2. The lowest BCUT2D eigenvalue weighted by Crippen LogP contribution is -2.46. The van der Waals surface area contributed by atoms with E-state index in [1.807, 2.05) is 11.8 Å². The van der Waals surface area contributed by atoms with Crippen LogP contribution in [0.5, 0.6) is 0 Å². The number of carbonyl (C=O) groups is 1. The number of likely N-dealkylation sites (tertiary alicyclic amines) is 1. The maximum Gasteiger partial charge on any atom is 0.164 e. The molecule has 1 unspecified atom stereocenters. The lowest BCUT2D eigenvalue weighted by Gasteiger charge is -2.39. The fourth-order valence-corrected chi connectivity index (χ4v) is 6.44. The van der Waals surface area contributed by atoms with Crippen LogP contribution in [-0.2, 0) is 0 Å². The van der Waals surface area contributed by atoms with Crippen LogP contribution in [0.4, 0.5) is 15.8 Å². The summed E-state index contributed by atoms with van der Waals surface area (Å²) in [7, 11) is 0. The summed E-state index contributed by atoms with van der Waals surface area (Å²) in [6, 6.07) is 11.5. The Balaban J connectivity index is 1.22. The lowest BCUT2D eigenvalue weighted by atomic mass is 9.89. The van der Waals surface area contributed by atoms with E-state index in [2.05, 4.69) is 28.0 Å². The van der Waals surface area contributed by atoms with Gasteiger partial charge in [0.15, 0.2) is 5.78 Å². The first-order chi connectivity index (χ1) is 14.6. The third-order valence-corrected chi connectivity index (χ3v) is 7.90. The Bertz CT molecular complexity index is 965. The van der Waals surface area contributed by atoms with Gasteiger partial charge in [-0.3, -0.25) is 4.79 Å². The fourth-order valence-electron chi connectivity index (χ4n) is 5.40. The van der Waals surface area contributed by atoms with Gasteiger partial charge in [0, 0.05) is 54.2 Å². The predicted molar refractivity (Wildman–Crippen MR) is 121 cm³/mol. The highest BCUT2D eigenvalue weighted by atomic mass is 32.2. The van der Waals surface area contributed by atoms with Crippen molar-refractivity contribution in [3.63, 3.8) is 0 Å². The van der Waals surface area contributed by atoms with Gasteiger partial charge in [-0.05, 0) is 61.4 Å². The highest BCUT2D eigenvalue weighted by Crippen LogP contribution is 2.50. The summed E-state index contributed by atoms with van der Waals surface area (Å²) in [6.07, 6.45) is 3.69. The Morgan fingerprint density at radius 1 is 1.23 bits per heavy atom. The lowest BCUT2D eigenvalue weighted by molar-refractivity contribution is 0.0972. The number of halogens is 1. The number of nitrogens with two attached hydrogens (primary N) is 1. The molecule has 2 atom stereocenters. The van der Waals surface area contributed by atoms with Gasteiger partial charge >= 0.3 is 0 Å². The second kappa shape index (κ2) is 8.23. The number of Topliss-reactive ketones (excluding diaryl/α,β-unsaturated/α-hetero) is 1. The first-order valence-corrected chi connectivity index (χ1v) is 11.9. The number of carbonyl (C=O) groups excluding carboxylic acids is 1. The molecular weight excluding hydrogens is 397 g/mol. The number of hydrogen-bond donors (Lipinski definition) is 1. The molecule has 3 heterocycles. The first-order valence-electron chi connectivity index (χ1n) is 10.9. The summed E-state index contributed by atoms with van der Waals surface area (Å²) in [6.45, 7) is 4.24. The number of piperidine rings is 1. The molecule has 0 aromatic heterocycles. The van der Waals surface area contributed by atoms with Crippen LogP contribution >= 0.6 is 11.8 Å². The molecule has 0 amide bonds. The molecule has 5 rings (SSSR count). The molecule has 1 fully saturated rings. The van der Waals surface area contributed by atoms with E-state index in [0.717, 1.165) is 26.1 Å². The van der Waals surface area contributed by atoms with E-state index in [0.29, 0.717) is 23.9 Å². The smallest absolute Gasteiger partial charge is 0.164 e. The molecule has 2 aromatic rings. The Hall–Kier alpha value is -2.05. The van der Waals surface area contributed by atoms with Crippen molar-refractivity contribution in [2.45, 2.75) is 42.5 Å². The number of rotatable bonds is 5. The first kappa shape index (κ1) is 19.9. The van der Waals surface area contributed by atoms with Gasteiger partial charge in [-0.15, -0.1) is 11.8 Å². The average molecular weight is 426 g/mol. The van der Waals surface area contributed by atoms with Crippen molar-refractivity contribution in [1.82, 2.24) is 4.90 Å². The Morgan fingerprint density at radius 3 is 3.00 bits per heavy atom. The summed E-state index contributed by atoms with van der Waals surface area (Å²) in [5.41, 5.74) is 9.51. The van der Waals surface area contributed by atoms with E-state index in [-0.39, 0.29) is 11.5 Å². The number of hydrogen-bond acceptors (Lipinski definition) is 5. The number of benzene rings is 2. The van der Waals surface area contributed by atoms with E-state index in [1.165, 1.54) is 59.5 Å². The van der Waals surface area contributed by atoms with Crippen LogP contribution < -0.4 is 10.6 Å². The zero-order chi connectivity index (χ0) is 20.7. The molecule has 3 aliphatic rings. The number of nitrogens with zero attached hydrogens (tertiary/aromatic N) is 2. The van der Waals surface area contributed by atoms with Crippen LogP contribution in [0.25, 0.3) is 0 Å². The second-order valence-corrected chi connectivity index (χ2v) is 9.75. The summed E-state index contributed by atoms with van der Waals surface area (Å²) in [4.78, 5) is 19.1. The minimum atomic E-state index is -0.404. The van der Waals surface area contributed by atoms with E-state index in [1.54, 1.807) is 0 Å². The van der Waals surface area contributed by atoms with Gasteiger partial charge in [-0.1, -0.05) is 12.1 Å². The average Bonchev–Trinajstić information content (AvgIpc) is 2.89. The van der Waals surface area contributed by atoms with E-state index < -0.39 is 5.82 Å². The summed E-state index contributed by atoms with van der Waals surface area (Å²) in [5, 5.41) is 0. The Kier molecular flexibility index (Phi) is 5.46. The Morgan fingerprint density at radius 2 is 2.13 bits per heavy atom.